The van der Waals surface area contributed by atoms with Crippen LogP contribution in [0.25, 0.3) is 0 Å². The van der Waals surface area contributed by atoms with E-state index in [2.05, 4.69) is 10.5 Å². The number of nitrogens with two attached hydrogens (primary N) is 1. The molecule has 1 atom stereocenters. The number of hydrogen-bond acceptors (Lipinski definition) is 3. The van der Waals surface area contributed by atoms with E-state index in [4.69, 9.17) is 17.4 Å². The molecule has 0 aliphatic heterocycles. The number of halogens is 4. The number of rotatable bonds is 4. The van der Waals surface area contributed by atoms with Gasteiger partial charge in [0.05, 0.1) is 22.5 Å². The van der Waals surface area contributed by atoms with Crippen molar-refractivity contribution in [2.45, 2.75) is 19.4 Å². The summed E-state index contributed by atoms with van der Waals surface area (Å²) in [4.78, 5) is 0. The van der Waals surface area contributed by atoms with Crippen molar-refractivity contribution in [3.63, 3.8) is 0 Å². The van der Waals surface area contributed by atoms with Crippen LogP contribution in [0.4, 0.5) is 13.2 Å². The normalized spacial score (nSPS) is 12.7. The Bertz CT molecular complexity index is 649. The Morgan fingerprint density at radius 1 is 1.33 bits per heavy atom. The summed E-state index contributed by atoms with van der Waals surface area (Å²) in [6.45, 7) is 1.72. The summed E-state index contributed by atoms with van der Waals surface area (Å²) in [6, 6.07) is 0.315. The predicted molar refractivity (Wildman–Crippen MR) is 73.0 cm³/mol. The summed E-state index contributed by atoms with van der Waals surface area (Å²) < 4.78 is 42.1. The lowest BCUT2D eigenvalue weighted by Gasteiger charge is -2.18. The Morgan fingerprint density at radius 3 is 2.33 bits per heavy atom. The van der Waals surface area contributed by atoms with E-state index >= 15 is 0 Å². The van der Waals surface area contributed by atoms with Crippen LogP contribution in [0.2, 0.25) is 5.02 Å². The van der Waals surface area contributed by atoms with Gasteiger partial charge in [-0.1, -0.05) is 11.6 Å². The molecule has 1 heterocycles. The molecule has 21 heavy (non-hydrogen) atoms. The van der Waals surface area contributed by atoms with Crippen LogP contribution in [-0.2, 0) is 13.5 Å². The number of hydrazine groups is 1. The molecule has 3 N–H and O–H groups in total. The van der Waals surface area contributed by atoms with E-state index in [-0.39, 0.29) is 12.0 Å². The molecular formula is C13H14ClF3N4. The van der Waals surface area contributed by atoms with Crippen LogP contribution >= 0.6 is 11.6 Å². The highest BCUT2D eigenvalue weighted by Gasteiger charge is 2.24. The maximum atomic E-state index is 13.8. The van der Waals surface area contributed by atoms with Crippen LogP contribution in [0.1, 0.15) is 23.0 Å². The lowest BCUT2D eigenvalue weighted by Crippen LogP contribution is -2.31. The average molecular weight is 319 g/mol. The third-order valence-electron chi connectivity index (χ3n) is 3.25. The highest BCUT2D eigenvalue weighted by Crippen LogP contribution is 2.28. The van der Waals surface area contributed by atoms with Crippen molar-refractivity contribution in [1.82, 2.24) is 15.2 Å². The molecule has 0 aliphatic rings. The van der Waals surface area contributed by atoms with Gasteiger partial charge in [0.15, 0.2) is 0 Å². The Morgan fingerprint density at radius 2 is 1.90 bits per heavy atom. The first-order valence-electron chi connectivity index (χ1n) is 6.13. The van der Waals surface area contributed by atoms with Gasteiger partial charge in [0.25, 0.3) is 0 Å². The number of nitrogens with one attached hydrogen (secondary N) is 1. The van der Waals surface area contributed by atoms with Gasteiger partial charge in [-0.05, 0) is 6.92 Å². The van der Waals surface area contributed by atoms with Gasteiger partial charge in [-0.2, -0.15) is 5.10 Å². The highest BCUT2D eigenvalue weighted by molar-refractivity contribution is 6.31. The third-order valence-corrected chi connectivity index (χ3v) is 3.74. The minimum Gasteiger partial charge on any atom is -0.271 e. The molecule has 0 amide bonds. The summed E-state index contributed by atoms with van der Waals surface area (Å²) in [5, 5.41) is 4.52. The first kappa shape index (κ1) is 15.8. The molecular weight excluding hydrogens is 305 g/mol. The van der Waals surface area contributed by atoms with E-state index in [1.807, 2.05) is 0 Å². The summed E-state index contributed by atoms with van der Waals surface area (Å²) in [5.41, 5.74) is 3.16. The Labute approximate surface area is 124 Å². The van der Waals surface area contributed by atoms with Crippen LogP contribution in [-0.4, -0.2) is 9.78 Å². The minimum atomic E-state index is -1.01. The molecule has 1 unspecified atom stereocenters. The first-order chi connectivity index (χ1) is 9.85. The predicted octanol–water partition coefficient (Wildman–Crippen LogP) is 2.55. The van der Waals surface area contributed by atoms with Crippen molar-refractivity contribution in [3.8, 4) is 0 Å². The molecule has 8 heteroatoms. The zero-order chi connectivity index (χ0) is 15.7. The van der Waals surface area contributed by atoms with E-state index in [9.17, 15) is 13.2 Å². The van der Waals surface area contributed by atoms with Gasteiger partial charge in [0.1, 0.15) is 17.5 Å². The Kier molecular flexibility index (Phi) is 4.55. The van der Waals surface area contributed by atoms with Gasteiger partial charge in [0.2, 0.25) is 0 Å². The fourth-order valence-electron chi connectivity index (χ4n) is 2.23. The lowest BCUT2D eigenvalue weighted by molar-refractivity contribution is 0.455. The van der Waals surface area contributed by atoms with Gasteiger partial charge in [-0.3, -0.25) is 16.0 Å². The molecule has 0 saturated heterocycles. The molecule has 0 aliphatic carbocycles. The molecule has 0 radical (unpaired) electrons. The number of aromatic nitrogens is 2. The SMILES string of the molecule is Cc1nn(C)c(CC(NN)c2c(F)cc(F)cc2F)c1Cl. The van der Waals surface area contributed by atoms with Crippen LogP contribution in [0, 0.1) is 24.4 Å². The number of aryl methyl sites for hydroxylation is 2. The zero-order valence-corrected chi connectivity index (χ0v) is 12.2. The summed E-state index contributed by atoms with van der Waals surface area (Å²) >= 11 is 6.11. The molecule has 114 valence electrons. The summed E-state index contributed by atoms with van der Waals surface area (Å²) in [6.07, 6.45) is 0.103. The third kappa shape index (κ3) is 3.04. The fourth-order valence-corrected chi connectivity index (χ4v) is 2.46. The maximum Gasteiger partial charge on any atom is 0.133 e. The van der Waals surface area contributed by atoms with Crippen molar-refractivity contribution in [2.24, 2.45) is 12.9 Å². The molecule has 4 nitrogen and oxygen atoms in total. The van der Waals surface area contributed by atoms with Crippen LogP contribution in [0.3, 0.4) is 0 Å². The molecule has 0 spiro atoms. The second kappa shape index (κ2) is 6.05. The molecule has 0 saturated carbocycles. The minimum absolute atomic E-state index is 0.103. The quantitative estimate of drug-likeness (QED) is 0.673. The summed E-state index contributed by atoms with van der Waals surface area (Å²) in [5.74, 6) is 2.38. The topological polar surface area (TPSA) is 55.9 Å². The van der Waals surface area contributed by atoms with E-state index < -0.39 is 23.5 Å². The highest BCUT2D eigenvalue weighted by atomic mass is 35.5. The van der Waals surface area contributed by atoms with Gasteiger partial charge in [-0.15, -0.1) is 0 Å². The van der Waals surface area contributed by atoms with Crippen LogP contribution in [0.5, 0.6) is 0 Å². The molecule has 2 aromatic rings. The van der Waals surface area contributed by atoms with Crippen LogP contribution in [0.15, 0.2) is 12.1 Å². The molecule has 1 aromatic carbocycles. The van der Waals surface area contributed by atoms with E-state index in [1.165, 1.54) is 4.68 Å². The van der Waals surface area contributed by atoms with Crippen molar-refractivity contribution in [2.75, 3.05) is 0 Å². The van der Waals surface area contributed by atoms with Crippen LogP contribution < -0.4 is 11.3 Å². The van der Waals surface area contributed by atoms with E-state index in [0.717, 1.165) is 0 Å². The second-order valence-electron chi connectivity index (χ2n) is 4.68. The summed E-state index contributed by atoms with van der Waals surface area (Å²) in [7, 11) is 1.67. The smallest absolute Gasteiger partial charge is 0.133 e. The Balaban J connectivity index is 2.41. The van der Waals surface area contributed by atoms with E-state index in [0.29, 0.717) is 28.5 Å². The number of benzene rings is 1. The van der Waals surface area contributed by atoms with Gasteiger partial charge in [0, 0.05) is 31.2 Å². The standard InChI is InChI=1S/C13H14ClF3N4/c1-6-13(14)11(21(2)20-6)5-10(19-18)12-8(16)3-7(15)4-9(12)17/h3-4,10,19H,5,18H2,1-2H3. The number of hydrogen-bond donors (Lipinski definition) is 2. The van der Waals surface area contributed by atoms with Gasteiger partial charge in [-0.25, -0.2) is 13.2 Å². The fraction of sp³-hybridized carbons (Fsp3) is 0.308. The zero-order valence-electron chi connectivity index (χ0n) is 11.4. The molecule has 1 aromatic heterocycles. The van der Waals surface area contributed by atoms with Crippen molar-refractivity contribution >= 4 is 11.6 Å². The van der Waals surface area contributed by atoms with Crippen molar-refractivity contribution < 1.29 is 13.2 Å². The molecule has 0 bridgehead atoms. The second-order valence-corrected chi connectivity index (χ2v) is 5.05. The van der Waals surface area contributed by atoms with E-state index in [1.54, 1.807) is 14.0 Å². The largest absolute Gasteiger partial charge is 0.271 e. The first-order valence-corrected chi connectivity index (χ1v) is 6.51. The van der Waals surface area contributed by atoms with Gasteiger partial charge < -0.3 is 0 Å². The molecule has 0 fully saturated rings. The average Bonchev–Trinajstić information content (AvgIpc) is 2.62. The van der Waals surface area contributed by atoms with Gasteiger partial charge >= 0.3 is 0 Å². The maximum absolute atomic E-state index is 13.8. The number of nitrogens with zero attached hydrogens (tertiary/aromatic N) is 2. The Hall–Kier alpha value is -1.57. The molecule has 2 rings (SSSR count). The monoisotopic (exact) mass is 318 g/mol. The van der Waals surface area contributed by atoms with Crippen molar-refractivity contribution in [1.29, 1.82) is 0 Å². The van der Waals surface area contributed by atoms with Crippen molar-refractivity contribution in [3.05, 3.63) is 51.6 Å². The lowest BCUT2D eigenvalue weighted by atomic mass is 10.0.